The van der Waals surface area contributed by atoms with E-state index in [9.17, 15) is 9.59 Å². The maximum absolute atomic E-state index is 12.4. The van der Waals surface area contributed by atoms with Gasteiger partial charge >= 0.3 is 5.69 Å². The van der Waals surface area contributed by atoms with Gasteiger partial charge in [-0.2, -0.15) is 5.10 Å². The molecule has 1 saturated heterocycles. The molecule has 0 radical (unpaired) electrons. The van der Waals surface area contributed by atoms with Crippen molar-refractivity contribution in [2.45, 2.75) is 57.9 Å². The zero-order valence-electron chi connectivity index (χ0n) is 15.4. The van der Waals surface area contributed by atoms with Gasteiger partial charge in [0.15, 0.2) is 0 Å². The highest BCUT2D eigenvalue weighted by molar-refractivity contribution is 5.78. The lowest BCUT2D eigenvalue weighted by Crippen LogP contribution is -2.39. The van der Waals surface area contributed by atoms with Crippen molar-refractivity contribution < 1.29 is 4.79 Å². The van der Waals surface area contributed by atoms with Crippen LogP contribution in [0.2, 0.25) is 0 Å². The number of carbonyl (C=O) groups excluding carboxylic acids is 1. The monoisotopic (exact) mass is 349 g/mol. The first kappa shape index (κ1) is 18.2. The number of nitrogens with one attached hydrogen (secondary N) is 1. The lowest BCUT2D eigenvalue weighted by Gasteiger charge is -2.22. The molecule has 3 rings (SSSR count). The first-order valence-corrected chi connectivity index (χ1v) is 9.78. The zero-order chi connectivity index (χ0) is 17.6. The molecule has 1 fully saturated rings. The average Bonchev–Trinajstić information content (AvgIpc) is 2.80. The second-order valence-electron chi connectivity index (χ2n) is 7.42. The highest BCUT2D eigenvalue weighted by atomic mass is 16.2. The van der Waals surface area contributed by atoms with E-state index >= 15 is 0 Å². The molecule has 0 bridgehead atoms. The quantitative estimate of drug-likeness (QED) is 0.775. The number of nitrogens with zero attached hydrogens (tertiary/aromatic N) is 4. The van der Waals surface area contributed by atoms with Crippen LogP contribution in [0.3, 0.4) is 0 Å². The standard InChI is InChI=1S/C18H31N5O2/c1-21-18(25)23-14-15(8-9-16(23)20-21)17(24)19-10-4-7-13-22-11-5-2-3-6-12-22/h15H,2-14H2,1H3,(H,19,24). The number of hydrogen-bond acceptors (Lipinski definition) is 4. The number of rotatable bonds is 6. The molecule has 0 aromatic carbocycles. The summed E-state index contributed by atoms with van der Waals surface area (Å²) in [5.74, 6) is 0.769. The van der Waals surface area contributed by atoms with Crippen LogP contribution in [0.15, 0.2) is 4.79 Å². The largest absolute Gasteiger partial charge is 0.356 e. The number of hydrogen-bond donors (Lipinski definition) is 1. The van der Waals surface area contributed by atoms with E-state index in [0.29, 0.717) is 13.0 Å². The second-order valence-corrected chi connectivity index (χ2v) is 7.42. The van der Waals surface area contributed by atoms with Crippen LogP contribution >= 0.6 is 0 Å². The van der Waals surface area contributed by atoms with Crippen LogP contribution in [0.4, 0.5) is 0 Å². The number of fused-ring (bicyclic) bond motifs is 1. The minimum Gasteiger partial charge on any atom is -0.356 e. The van der Waals surface area contributed by atoms with Gasteiger partial charge in [-0.25, -0.2) is 9.48 Å². The van der Waals surface area contributed by atoms with Crippen molar-refractivity contribution in [2.24, 2.45) is 13.0 Å². The van der Waals surface area contributed by atoms with E-state index in [1.165, 1.54) is 43.5 Å². The molecular formula is C18H31N5O2. The molecular weight excluding hydrogens is 318 g/mol. The molecule has 3 heterocycles. The molecule has 1 amide bonds. The molecule has 2 aliphatic rings. The van der Waals surface area contributed by atoms with E-state index in [0.717, 1.165) is 38.2 Å². The molecule has 2 aliphatic heterocycles. The van der Waals surface area contributed by atoms with Gasteiger partial charge in [-0.3, -0.25) is 9.36 Å². The van der Waals surface area contributed by atoms with Crippen molar-refractivity contribution in [3.63, 3.8) is 0 Å². The molecule has 0 spiro atoms. The van der Waals surface area contributed by atoms with Gasteiger partial charge in [-0.1, -0.05) is 12.8 Å². The van der Waals surface area contributed by atoms with E-state index < -0.39 is 0 Å². The lowest BCUT2D eigenvalue weighted by molar-refractivity contribution is -0.125. The molecule has 0 aliphatic carbocycles. The summed E-state index contributed by atoms with van der Waals surface area (Å²) in [5.41, 5.74) is -0.120. The Morgan fingerprint density at radius 3 is 2.72 bits per heavy atom. The minimum absolute atomic E-state index is 0.0798. The maximum atomic E-state index is 12.4. The van der Waals surface area contributed by atoms with Gasteiger partial charge in [-0.15, -0.1) is 0 Å². The Kier molecular flexibility index (Phi) is 6.29. The summed E-state index contributed by atoms with van der Waals surface area (Å²) in [6, 6.07) is 0. The lowest BCUT2D eigenvalue weighted by atomic mass is 9.98. The van der Waals surface area contributed by atoms with E-state index in [-0.39, 0.29) is 17.5 Å². The number of likely N-dealkylation sites (tertiary alicyclic amines) is 1. The van der Waals surface area contributed by atoms with Crippen molar-refractivity contribution in [3.05, 3.63) is 16.3 Å². The number of carbonyl (C=O) groups is 1. The Bertz CT molecular complexity index is 628. The fourth-order valence-electron chi connectivity index (χ4n) is 3.93. The summed E-state index contributed by atoms with van der Waals surface area (Å²) in [7, 11) is 1.66. The molecule has 1 atom stereocenters. The number of unbranched alkanes of at least 4 members (excludes halogenated alkanes) is 1. The van der Waals surface area contributed by atoms with Crippen LogP contribution in [0.25, 0.3) is 0 Å². The van der Waals surface area contributed by atoms with E-state index in [1.807, 2.05) is 0 Å². The highest BCUT2D eigenvalue weighted by Crippen LogP contribution is 2.17. The van der Waals surface area contributed by atoms with Gasteiger partial charge < -0.3 is 10.2 Å². The van der Waals surface area contributed by atoms with Crippen LogP contribution < -0.4 is 11.0 Å². The SMILES string of the molecule is Cn1nc2n(c1=O)CC(C(=O)NCCCCN1CCCCCC1)CC2. The Morgan fingerprint density at radius 1 is 1.20 bits per heavy atom. The number of amides is 1. The fraction of sp³-hybridized carbons (Fsp3) is 0.833. The Balaban J connectivity index is 1.35. The second kappa shape index (κ2) is 8.65. The Morgan fingerprint density at radius 2 is 1.96 bits per heavy atom. The molecule has 1 unspecified atom stereocenters. The fourth-order valence-corrected chi connectivity index (χ4v) is 3.93. The van der Waals surface area contributed by atoms with Gasteiger partial charge in [0, 0.05) is 26.6 Å². The molecule has 1 N–H and O–H groups in total. The molecule has 25 heavy (non-hydrogen) atoms. The highest BCUT2D eigenvalue weighted by Gasteiger charge is 2.27. The molecule has 140 valence electrons. The van der Waals surface area contributed by atoms with E-state index in [1.54, 1.807) is 11.6 Å². The van der Waals surface area contributed by atoms with Crippen molar-refractivity contribution in [1.29, 1.82) is 0 Å². The summed E-state index contributed by atoms with van der Waals surface area (Å²) in [6.45, 7) is 4.81. The summed E-state index contributed by atoms with van der Waals surface area (Å²) in [5, 5.41) is 7.27. The number of aromatic nitrogens is 3. The van der Waals surface area contributed by atoms with Crippen molar-refractivity contribution in [3.8, 4) is 0 Å². The van der Waals surface area contributed by atoms with Crippen molar-refractivity contribution in [2.75, 3.05) is 26.2 Å². The molecule has 7 nitrogen and oxygen atoms in total. The first-order chi connectivity index (χ1) is 12.1. The van der Waals surface area contributed by atoms with Crippen LogP contribution in [-0.2, 0) is 24.8 Å². The third-order valence-corrected chi connectivity index (χ3v) is 5.47. The van der Waals surface area contributed by atoms with Crippen LogP contribution in [0, 0.1) is 5.92 Å². The van der Waals surface area contributed by atoms with Crippen molar-refractivity contribution >= 4 is 5.91 Å². The third-order valence-electron chi connectivity index (χ3n) is 5.47. The third kappa shape index (κ3) is 4.71. The van der Waals surface area contributed by atoms with Gasteiger partial charge in [0.05, 0.1) is 5.92 Å². The molecule has 1 aromatic heterocycles. The predicted octanol–water partition coefficient (Wildman–Crippen LogP) is 0.917. The van der Waals surface area contributed by atoms with E-state index in [2.05, 4.69) is 15.3 Å². The normalized spacial score (nSPS) is 21.6. The number of aryl methyl sites for hydroxylation is 2. The first-order valence-electron chi connectivity index (χ1n) is 9.78. The zero-order valence-corrected chi connectivity index (χ0v) is 15.4. The van der Waals surface area contributed by atoms with Gasteiger partial charge in [0.25, 0.3) is 0 Å². The Labute approximate surface area is 149 Å². The average molecular weight is 349 g/mol. The smallest absolute Gasteiger partial charge is 0.345 e. The minimum atomic E-state index is -0.120. The molecule has 1 aromatic rings. The van der Waals surface area contributed by atoms with Crippen LogP contribution in [0.1, 0.15) is 50.8 Å². The Hall–Kier alpha value is -1.63. The summed E-state index contributed by atoms with van der Waals surface area (Å²) in [6.07, 6.45) is 9.02. The summed E-state index contributed by atoms with van der Waals surface area (Å²) in [4.78, 5) is 26.9. The van der Waals surface area contributed by atoms with Crippen molar-refractivity contribution in [1.82, 2.24) is 24.6 Å². The summed E-state index contributed by atoms with van der Waals surface area (Å²) < 4.78 is 3.01. The summed E-state index contributed by atoms with van der Waals surface area (Å²) >= 11 is 0. The maximum Gasteiger partial charge on any atom is 0.345 e. The molecule has 0 saturated carbocycles. The predicted molar refractivity (Wildman–Crippen MR) is 96.4 cm³/mol. The van der Waals surface area contributed by atoms with Crippen LogP contribution in [0.5, 0.6) is 0 Å². The van der Waals surface area contributed by atoms with E-state index in [4.69, 9.17) is 0 Å². The topological polar surface area (TPSA) is 72.2 Å². The molecule has 7 heteroatoms. The van der Waals surface area contributed by atoms with Gasteiger partial charge in [-0.05, 0) is 51.7 Å². The van der Waals surface area contributed by atoms with Gasteiger partial charge in [0.2, 0.25) is 5.91 Å². The van der Waals surface area contributed by atoms with Crippen LogP contribution in [-0.4, -0.2) is 51.3 Å². The van der Waals surface area contributed by atoms with Gasteiger partial charge in [0.1, 0.15) is 5.82 Å².